The molecule has 2 aliphatic rings. The van der Waals surface area contributed by atoms with Gasteiger partial charge in [0.2, 0.25) is 0 Å². The van der Waals surface area contributed by atoms with E-state index in [0.29, 0.717) is 19.8 Å². The lowest BCUT2D eigenvalue weighted by Gasteiger charge is -2.34. The van der Waals surface area contributed by atoms with Crippen LogP contribution in [0.5, 0.6) is 0 Å². The molecule has 1 saturated heterocycles. The molecular formula is C12H21NO4. The standard InChI is InChI=1S/C12H21NO4/c1-2-5-13-12(11(14)15,9-3-4-9)8-17-10-6-16-7-10/h9-10,13H,2-8H2,1H3,(H,14,15). The highest BCUT2D eigenvalue weighted by Gasteiger charge is 2.51. The third-order valence-corrected chi connectivity index (χ3v) is 3.50. The fourth-order valence-electron chi connectivity index (χ4n) is 2.11. The summed E-state index contributed by atoms with van der Waals surface area (Å²) in [6.07, 6.45) is 2.96. The molecule has 2 rings (SSSR count). The molecule has 5 heteroatoms. The average Bonchev–Trinajstić information content (AvgIpc) is 3.04. The molecule has 0 spiro atoms. The molecule has 98 valence electrons. The van der Waals surface area contributed by atoms with Crippen molar-refractivity contribution in [1.82, 2.24) is 5.32 Å². The first-order valence-electron chi connectivity index (χ1n) is 6.37. The van der Waals surface area contributed by atoms with E-state index in [0.717, 1.165) is 19.3 Å². The monoisotopic (exact) mass is 243 g/mol. The van der Waals surface area contributed by atoms with Gasteiger partial charge in [0, 0.05) is 0 Å². The van der Waals surface area contributed by atoms with Gasteiger partial charge in [-0.3, -0.25) is 10.1 Å². The third-order valence-electron chi connectivity index (χ3n) is 3.50. The summed E-state index contributed by atoms with van der Waals surface area (Å²) in [4.78, 5) is 11.6. The molecule has 2 fully saturated rings. The van der Waals surface area contributed by atoms with E-state index in [4.69, 9.17) is 9.47 Å². The molecule has 1 aliphatic carbocycles. The van der Waals surface area contributed by atoms with Crippen LogP contribution in [-0.4, -0.2) is 49.1 Å². The summed E-state index contributed by atoms with van der Waals surface area (Å²) in [5, 5.41) is 12.7. The van der Waals surface area contributed by atoms with Gasteiger partial charge in [-0.15, -0.1) is 0 Å². The second-order valence-corrected chi connectivity index (χ2v) is 4.95. The SMILES string of the molecule is CCCNC(COC1COC1)(C(=O)O)C1CC1. The minimum Gasteiger partial charge on any atom is -0.480 e. The Morgan fingerprint density at radius 1 is 1.53 bits per heavy atom. The van der Waals surface area contributed by atoms with Gasteiger partial charge in [0.15, 0.2) is 0 Å². The molecule has 0 aromatic rings. The van der Waals surface area contributed by atoms with Crippen LogP contribution in [0.2, 0.25) is 0 Å². The molecule has 1 unspecified atom stereocenters. The zero-order valence-electron chi connectivity index (χ0n) is 10.3. The minimum atomic E-state index is -0.883. The summed E-state index contributed by atoms with van der Waals surface area (Å²) in [5.74, 6) is -0.568. The quantitative estimate of drug-likeness (QED) is 0.654. The van der Waals surface area contributed by atoms with E-state index in [-0.39, 0.29) is 18.6 Å². The van der Waals surface area contributed by atoms with Crippen molar-refractivity contribution in [3.8, 4) is 0 Å². The number of rotatable bonds is 8. The Morgan fingerprint density at radius 3 is 2.65 bits per heavy atom. The molecule has 2 N–H and O–H groups in total. The lowest BCUT2D eigenvalue weighted by molar-refractivity contribution is -0.164. The lowest BCUT2D eigenvalue weighted by atomic mass is 9.94. The largest absolute Gasteiger partial charge is 0.480 e. The maximum Gasteiger partial charge on any atom is 0.326 e. The van der Waals surface area contributed by atoms with E-state index in [2.05, 4.69) is 5.32 Å². The number of carboxylic acid groups (broad SMARTS) is 1. The smallest absolute Gasteiger partial charge is 0.326 e. The van der Waals surface area contributed by atoms with E-state index in [1.165, 1.54) is 0 Å². The summed E-state index contributed by atoms with van der Waals surface area (Å²) in [6.45, 7) is 4.18. The molecule has 0 aromatic heterocycles. The van der Waals surface area contributed by atoms with Crippen LogP contribution >= 0.6 is 0 Å². The number of carbonyl (C=O) groups is 1. The maximum atomic E-state index is 11.6. The average molecular weight is 243 g/mol. The van der Waals surface area contributed by atoms with Crippen molar-refractivity contribution in [3.63, 3.8) is 0 Å². The van der Waals surface area contributed by atoms with Gasteiger partial charge < -0.3 is 14.6 Å². The Hall–Kier alpha value is -0.650. The van der Waals surface area contributed by atoms with Crippen LogP contribution in [0.4, 0.5) is 0 Å². The highest BCUT2D eigenvalue weighted by Crippen LogP contribution is 2.40. The zero-order chi connectivity index (χ0) is 12.3. The van der Waals surface area contributed by atoms with Gasteiger partial charge in [-0.1, -0.05) is 6.92 Å². The van der Waals surface area contributed by atoms with Gasteiger partial charge in [0.1, 0.15) is 11.6 Å². The van der Waals surface area contributed by atoms with Gasteiger partial charge in [-0.05, 0) is 31.7 Å². The summed E-state index contributed by atoms with van der Waals surface area (Å²) >= 11 is 0. The van der Waals surface area contributed by atoms with Crippen molar-refractivity contribution < 1.29 is 19.4 Å². The van der Waals surface area contributed by atoms with Gasteiger partial charge in [-0.25, -0.2) is 0 Å². The molecule has 5 nitrogen and oxygen atoms in total. The first-order valence-corrected chi connectivity index (χ1v) is 6.37. The molecule has 1 atom stereocenters. The van der Waals surface area contributed by atoms with Crippen LogP contribution in [0.25, 0.3) is 0 Å². The lowest BCUT2D eigenvalue weighted by Crippen LogP contribution is -2.59. The van der Waals surface area contributed by atoms with Gasteiger partial charge >= 0.3 is 5.97 Å². The molecule has 0 radical (unpaired) electrons. The predicted octanol–water partition coefficient (Wildman–Crippen LogP) is 0.635. The highest BCUT2D eigenvalue weighted by molar-refractivity contribution is 5.80. The molecule has 1 heterocycles. The Balaban J connectivity index is 1.94. The van der Waals surface area contributed by atoms with Crippen molar-refractivity contribution in [3.05, 3.63) is 0 Å². The van der Waals surface area contributed by atoms with Crippen molar-refractivity contribution in [1.29, 1.82) is 0 Å². The Kier molecular flexibility index (Phi) is 4.01. The van der Waals surface area contributed by atoms with Crippen molar-refractivity contribution in [2.75, 3.05) is 26.4 Å². The fraction of sp³-hybridized carbons (Fsp3) is 0.917. The van der Waals surface area contributed by atoms with Crippen LogP contribution in [0.1, 0.15) is 26.2 Å². The topological polar surface area (TPSA) is 67.8 Å². The number of carboxylic acids is 1. The van der Waals surface area contributed by atoms with E-state index >= 15 is 0 Å². The Labute approximate surface area is 101 Å². The Morgan fingerprint density at radius 2 is 2.24 bits per heavy atom. The first kappa shape index (κ1) is 12.8. The van der Waals surface area contributed by atoms with E-state index in [1.807, 2.05) is 6.92 Å². The van der Waals surface area contributed by atoms with Crippen LogP contribution in [0, 0.1) is 5.92 Å². The second kappa shape index (κ2) is 5.33. The van der Waals surface area contributed by atoms with Gasteiger partial charge in [0.05, 0.1) is 19.8 Å². The number of nitrogens with one attached hydrogen (secondary N) is 1. The predicted molar refractivity (Wildman–Crippen MR) is 61.9 cm³/mol. The third kappa shape index (κ3) is 2.78. The van der Waals surface area contributed by atoms with Crippen LogP contribution in [-0.2, 0) is 14.3 Å². The van der Waals surface area contributed by atoms with Crippen molar-refractivity contribution in [2.24, 2.45) is 5.92 Å². The number of ether oxygens (including phenoxy) is 2. The molecular weight excluding hydrogens is 222 g/mol. The van der Waals surface area contributed by atoms with E-state index in [9.17, 15) is 9.90 Å². The van der Waals surface area contributed by atoms with Crippen LogP contribution < -0.4 is 5.32 Å². The number of hydrogen-bond donors (Lipinski definition) is 2. The molecule has 1 aliphatic heterocycles. The molecule has 0 amide bonds. The molecule has 17 heavy (non-hydrogen) atoms. The minimum absolute atomic E-state index is 0.0795. The fourth-order valence-corrected chi connectivity index (χ4v) is 2.11. The molecule has 1 saturated carbocycles. The number of hydrogen-bond acceptors (Lipinski definition) is 4. The molecule has 0 aromatic carbocycles. The van der Waals surface area contributed by atoms with Crippen LogP contribution in [0.15, 0.2) is 0 Å². The Bertz CT molecular complexity index is 276. The second-order valence-electron chi connectivity index (χ2n) is 4.95. The summed E-state index contributed by atoms with van der Waals surface area (Å²) in [6, 6.07) is 0. The summed E-state index contributed by atoms with van der Waals surface area (Å²) in [7, 11) is 0. The van der Waals surface area contributed by atoms with E-state index in [1.54, 1.807) is 0 Å². The maximum absolute atomic E-state index is 11.6. The van der Waals surface area contributed by atoms with Gasteiger partial charge in [0.25, 0.3) is 0 Å². The van der Waals surface area contributed by atoms with Crippen LogP contribution in [0.3, 0.4) is 0 Å². The molecule has 0 bridgehead atoms. The number of aliphatic carboxylic acids is 1. The summed E-state index contributed by atoms with van der Waals surface area (Å²) in [5.41, 5.74) is -0.883. The first-order chi connectivity index (χ1) is 8.19. The van der Waals surface area contributed by atoms with E-state index < -0.39 is 11.5 Å². The van der Waals surface area contributed by atoms with Crippen molar-refractivity contribution >= 4 is 5.97 Å². The van der Waals surface area contributed by atoms with Crippen molar-refractivity contribution in [2.45, 2.75) is 37.8 Å². The normalized spacial score (nSPS) is 24.1. The zero-order valence-corrected chi connectivity index (χ0v) is 10.3. The summed E-state index contributed by atoms with van der Waals surface area (Å²) < 4.78 is 10.7. The highest BCUT2D eigenvalue weighted by atomic mass is 16.6. The van der Waals surface area contributed by atoms with Gasteiger partial charge in [-0.2, -0.15) is 0 Å².